The second-order valence-electron chi connectivity index (χ2n) is 11.5. The zero-order chi connectivity index (χ0) is 37.0. The molecule has 2 aliphatic heterocycles. The van der Waals surface area contributed by atoms with Crippen LogP contribution in [0.4, 0.5) is 10.6 Å². The molecule has 3 amide bonds. The Balaban J connectivity index is 1.65. The van der Waals surface area contributed by atoms with Crippen molar-refractivity contribution in [3.8, 4) is 11.4 Å². The van der Waals surface area contributed by atoms with E-state index in [-0.39, 0.29) is 50.4 Å². The van der Waals surface area contributed by atoms with Gasteiger partial charge in [0.15, 0.2) is 5.82 Å². The summed E-state index contributed by atoms with van der Waals surface area (Å²) in [5, 5.41) is 2.64. The Bertz CT molecular complexity index is 1570. The zero-order valence-corrected chi connectivity index (χ0v) is 29.9. The average Bonchev–Trinajstić information content (AvgIpc) is 3.61. The molecule has 51 heavy (non-hydrogen) atoms. The lowest BCUT2D eigenvalue weighted by atomic mass is 10.2. The molecule has 278 valence electrons. The lowest BCUT2D eigenvalue weighted by Gasteiger charge is -2.36. The van der Waals surface area contributed by atoms with Crippen molar-refractivity contribution in [2.24, 2.45) is 0 Å². The van der Waals surface area contributed by atoms with Gasteiger partial charge in [-0.3, -0.25) is 32.8 Å². The molecule has 3 heterocycles. The van der Waals surface area contributed by atoms with E-state index in [1.54, 1.807) is 26.2 Å². The number of carbonyl (C=O) groups is 5. The number of carbonyl (C=O) groups excluding carboxylic acids is 5. The van der Waals surface area contributed by atoms with Crippen LogP contribution in [0, 0.1) is 0 Å². The number of anilines is 1. The number of benzene rings is 1. The number of rotatable bonds is 15. The Labute approximate surface area is 295 Å². The number of aromatic nitrogens is 2. The van der Waals surface area contributed by atoms with Crippen molar-refractivity contribution >= 4 is 43.3 Å². The first-order chi connectivity index (χ1) is 24.4. The molecule has 0 radical (unpaired) electrons. The van der Waals surface area contributed by atoms with Gasteiger partial charge in [-0.05, 0) is 13.3 Å². The third-order valence-corrected chi connectivity index (χ3v) is 9.74. The van der Waals surface area contributed by atoms with Gasteiger partial charge in [0.05, 0.1) is 18.9 Å². The molecule has 0 saturated carbocycles. The summed E-state index contributed by atoms with van der Waals surface area (Å²) in [6.45, 7) is 4.03. The number of piperazine rings is 1. The molecule has 2 aliphatic rings. The van der Waals surface area contributed by atoms with Crippen molar-refractivity contribution in [1.29, 1.82) is 0 Å². The van der Waals surface area contributed by atoms with E-state index in [4.69, 9.17) is 33.0 Å². The first-order valence-corrected chi connectivity index (χ1v) is 18.0. The van der Waals surface area contributed by atoms with Crippen molar-refractivity contribution < 1.29 is 56.5 Å². The van der Waals surface area contributed by atoms with Crippen LogP contribution >= 0.6 is 7.60 Å². The molecule has 2 saturated heterocycles. The molecule has 19 heteroatoms. The predicted octanol–water partition coefficient (Wildman–Crippen LogP) is 2.04. The summed E-state index contributed by atoms with van der Waals surface area (Å²) in [5.74, 6) is -2.23. The van der Waals surface area contributed by atoms with Crippen LogP contribution in [0.2, 0.25) is 0 Å². The first-order valence-electron chi connectivity index (χ1n) is 16.3. The number of methoxy groups -OCH3 is 1. The van der Waals surface area contributed by atoms with Crippen LogP contribution in [0.25, 0.3) is 11.4 Å². The van der Waals surface area contributed by atoms with Gasteiger partial charge in [-0.25, -0.2) is 14.8 Å². The normalized spacial score (nSPS) is 16.7. The lowest BCUT2D eigenvalue weighted by Crippen LogP contribution is -2.57. The largest absolute Gasteiger partial charge is 0.450 e. The van der Waals surface area contributed by atoms with Crippen molar-refractivity contribution in [2.75, 3.05) is 77.6 Å². The summed E-state index contributed by atoms with van der Waals surface area (Å²) < 4.78 is 44.7. The van der Waals surface area contributed by atoms with E-state index in [1.165, 1.54) is 15.9 Å². The summed E-state index contributed by atoms with van der Waals surface area (Å²) in [5.41, 5.74) is 0.561. The van der Waals surface area contributed by atoms with Crippen molar-refractivity contribution in [3.63, 3.8) is 0 Å². The van der Waals surface area contributed by atoms with E-state index in [2.05, 4.69) is 10.3 Å². The second-order valence-corrected chi connectivity index (χ2v) is 13.6. The van der Waals surface area contributed by atoms with Crippen molar-refractivity contribution in [3.05, 3.63) is 42.1 Å². The fraction of sp³-hybridized carbons (Fsp3) is 0.531. The highest BCUT2D eigenvalue weighted by molar-refractivity contribution is 7.54. The van der Waals surface area contributed by atoms with Gasteiger partial charge in [-0.1, -0.05) is 30.3 Å². The number of hydrogen-bond donors (Lipinski definition) is 1. The Morgan fingerprint density at radius 2 is 1.53 bits per heavy atom. The summed E-state index contributed by atoms with van der Waals surface area (Å²) in [6, 6.07) is 8.98. The van der Waals surface area contributed by atoms with Gasteiger partial charge in [-0.15, -0.1) is 0 Å². The standard InChI is InChI=1S/C32H43N6O12P/c1-5-46-32(43)37-15-13-36(14-16-37)31(42)27(19-51(44,49-20-47-22(2)39)50-21-48-23(3)40)34-30(41)26-17-28(38-12-11-25(18-38)45-4)35-29(33-26)24-9-7-6-8-10-24/h6-10,17,25,27H,5,11-16,18-21H2,1-4H3,(H,34,41)/t25-,27+/m0/s1. The minimum absolute atomic E-state index is 0.0307. The van der Waals surface area contributed by atoms with Crippen molar-refractivity contribution in [2.45, 2.75) is 39.3 Å². The molecule has 2 fully saturated rings. The maximum absolute atomic E-state index is 14.1. The van der Waals surface area contributed by atoms with Crippen LogP contribution in [-0.2, 0) is 46.9 Å². The smallest absolute Gasteiger partial charge is 0.409 e. The summed E-state index contributed by atoms with van der Waals surface area (Å²) in [6.07, 6.45) is -0.556. The fourth-order valence-corrected chi connectivity index (χ4v) is 6.67. The van der Waals surface area contributed by atoms with E-state index in [9.17, 15) is 28.5 Å². The van der Waals surface area contributed by atoms with E-state index >= 15 is 0 Å². The molecule has 1 aromatic carbocycles. The highest BCUT2D eigenvalue weighted by Crippen LogP contribution is 2.49. The molecule has 18 nitrogen and oxygen atoms in total. The third kappa shape index (κ3) is 11.4. The van der Waals surface area contributed by atoms with Crippen LogP contribution in [0.15, 0.2) is 36.4 Å². The van der Waals surface area contributed by atoms with Crippen LogP contribution in [0.5, 0.6) is 0 Å². The first kappa shape index (κ1) is 39.2. The summed E-state index contributed by atoms with van der Waals surface area (Å²) >= 11 is 0. The number of nitrogens with zero attached hydrogens (tertiary/aromatic N) is 5. The quantitative estimate of drug-likeness (QED) is 0.120. The molecule has 2 atom stereocenters. The number of amides is 3. The van der Waals surface area contributed by atoms with Gasteiger partial charge in [0.2, 0.25) is 19.5 Å². The number of esters is 2. The Kier molecular flexibility index (Phi) is 14.2. The SMILES string of the molecule is CCOC(=O)N1CCN(C(=O)[C@@H](CP(=O)(OCOC(C)=O)OCOC(C)=O)NC(=O)c2cc(N3CC[C@H](OC)C3)nc(-c3ccccc3)n2)CC1. The number of nitrogens with one attached hydrogen (secondary N) is 1. The van der Waals surface area contributed by atoms with Gasteiger partial charge in [0, 0.05) is 71.9 Å². The average molecular weight is 735 g/mol. The Morgan fingerprint density at radius 3 is 2.10 bits per heavy atom. The van der Waals surface area contributed by atoms with E-state index in [0.717, 1.165) is 20.3 Å². The van der Waals surface area contributed by atoms with Gasteiger partial charge >= 0.3 is 25.6 Å². The highest BCUT2D eigenvalue weighted by atomic mass is 31.2. The van der Waals surface area contributed by atoms with Crippen molar-refractivity contribution in [1.82, 2.24) is 25.1 Å². The number of hydrogen-bond acceptors (Lipinski definition) is 15. The molecule has 1 aromatic heterocycles. The molecular weight excluding hydrogens is 691 g/mol. The number of ether oxygens (including phenoxy) is 4. The molecule has 0 spiro atoms. The summed E-state index contributed by atoms with van der Waals surface area (Å²) in [4.78, 5) is 77.2. The minimum atomic E-state index is -4.43. The molecule has 2 aromatic rings. The minimum Gasteiger partial charge on any atom is -0.450 e. The zero-order valence-electron chi connectivity index (χ0n) is 29.0. The predicted molar refractivity (Wildman–Crippen MR) is 179 cm³/mol. The van der Waals surface area contributed by atoms with Gasteiger partial charge in [0.1, 0.15) is 17.6 Å². The van der Waals surface area contributed by atoms with Crippen LogP contribution in [0.3, 0.4) is 0 Å². The van der Waals surface area contributed by atoms with Crippen LogP contribution in [0.1, 0.15) is 37.7 Å². The Morgan fingerprint density at radius 1 is 0.902 bits per heavy atom. The van der Waals surface area contributed by atoms with Crippen LogP contribution in [-0.4, -0.2) is 134 Å². The molecule has 0 unspecified atom stereocenters. The molecule has 0 aliphatic carbocycles. The third-order valence-electron chi connectivity index (χ3n) is 7.93. The van der Waals surface area contributed by atoms with E-state index in [0.29, 0.717) is 24.5 Å². The van der Waals surface area contributed by atoms with Gasteiger partial charge in [0.25, 0.3) is 5.91 Å². The maximum atomic E-state index is 14.1. The van der Waals surface area contributed by atoms with Gasteiger partial charge in [-0.2, -0.15) is 0 Å². The maximum Gasteiger partial charge on any atom is 0.409 e. The topological polar surface area (TPSA) is 205 Å². The monoisotopic (exact) mass is 734 g/mol. The molecule has 0 bridgehead atoms. The molecule has 1 N–H and O–H groups in total. The summed E-state index contributed by atoms with van der Waals surface area (Å²) in [7, 11) is -2.80. The Hall–Kier alpha value is -4.64. The van der Waals surface area contributed by atoms with Gasteiger partial charge < -0.3 is 39.0 Å². The lowest BCUT2D eigenvalue weighted by molar-refractivity contribution is -0.149. The highest BCUT2D eigenvalue weighted by Gasteiger charge is 2.39. The van der Waals surface area contributed by atoms with E-state index in [1.807, 2.05) is 23.1 Å². The second kappa shape index (κ2) is 18.6. The molecular formula is C32H43N6O12P. The van der Waals surface area contributed by atoms with E-state index < -0.39 is 63.2 Å². The van der Waals surface area contributed by atoms with Crippen LogP contribution < -0.4 is 10.2 Å². The fourth-order valence-electron chi connectivity index (χ4n) is 5.27. The molecule has 4 rings (SSSR count).